The molecule has 0 saturated carbocycles. The van der Waals surface area contributed by atoms with Crippen LogP contribution in [0.4, 0.5) is 5.82 Å². The Morgan fingerprint density at radius 2 is 2.13 bits per heavy atom. The van der Waals surface area contributed by atoms with E-state index in [1.165, 1.54) is 6.26 Å². The molecule has 1 aliphatic rings. The van der Waals surface area contributed by atoms with Crippen LogP contribution in [0.15, 0.2) is 22.8 Å². The molecule has 0 saturated heterocycles. The number of furan rings is 1. The normalized spacial score (nSPS) is 15.0. The molecule has 0 radical (unpaired) electrons. The van der Waals surface area contributed by atoms with E-state index < -0.39 is 9.84 Å². The van der Waals surface area contributed by atoms with Crippen molar-refractivity contribution in [3.8, 4) is 11.6 Å². The summed E-state index contributed by atoms with van der Waals surface area (Å²) in [5, 5.41) is 6.50. The summed E-state index contributed by atoms with van der Waals surface area (Å²) in [5.74, 6) is 1.91. The van der Waals surface area contributed by atoms with Crippen LogP contribution in [-0.2, 0) is 22.7 Å². The van der Waals surface area contributed by atoms with Crippen LogP contribution in [0.2, 0.25) is 0 Å². The summed E-state index contributed by atoms with van der Waals surface area (Å²) in [6.07, 6.45) is 4.44. The van der Waals surface area contributed by atoms with Gasteiger partial charge >= 0.3 is 0 Å². The zero-order valence-electron chi connectivity index (χ0n) is 13.0. The second-order valence-corrected chi connectivity index (χ2v) is 7.86. The van der Waals surface area contributed by atoms with E-state index in [1.54, 1.807) is 12.3 Å². The monoisotopic (exact) mass is 336 g/mol. The molecule has 2 aromatic rings. The first-order chi connectivity index (χ1) is 11.0. The van der Waals surface area contributed by atoms with Gasteiger partial charge in [-0.15, -0.1) is 0 Å². The molecule has 0 fully saturated rings. The van der Waals surface area contributed by atoms with Crippen molar-refractivity contribution in [1.29, 1.82) is 0 Å². The molecule has 0 aliphatic carbocycles. The molecular weight excluding hydrogens is 316 g/mol. The second-order valence-electron chi connectivity index (χ2n) is 5.61. The Labute approximate surface area is 135 Å². The number of sulfone groups is 1. The predicted molar refractivity (Wildman–Crippen MR) is 88.2 cm³/mol. The summed E-state index contributed by atoms with van der Waals surface area (Å²) in [7, 11) is -3.01. The zero-order valence-corrected chi connectivity index (χ0v) is 13.8. The lowest BCUT2D eigenvalue weighted by Crippen LogP contribution is -2.18. The summed E-state index contributed by atoms with van der Waals surface area (Å²) in [6, 6.07) is 3.61. The lowest BCUT2D eigenvalue weighted by atomic mass is 10.1. The van der Waals surface area contributed by atoms with Crippen LogP contribution in [-0.4, -0.2) is 50.0 Å². The SMILES string of the molecule is CS(=O)(=O)CCNc1nc(-c2ccco2)nc2c1CCNCC2. The highest BCUT2D eigenvalue weighted by molar-refractivity contribution is 7.90. The smallest absolute Gasteiger partial charge is 0.197 e. The summed E-state index contributed by atoms with van der Waals surface area (Å²) in [4.78, 5) is 9.18. The maximum absolute atomic E-state index is 11.3. The van der Waals surface area contributed by atoms with Crippen LogP contribution in [0, 0.1) is 0 Å². The van der Waals surface area contributed by atoms with Gasteiger partial charge in [-0.3, -0.25) is 0 Å². The van der Waals surface area contributed by atoms with Crippen LogP contribution in [0.25, 0.3) is 11.6 Å². The summed E-state index contributed by atoms with van der Waals surface area (Å²) >= 11 is 0. The molecule has 0 spiro atoms. The average Bonchev–Trinajstić information content (AvgIpc) is 2.91. The van der Waals surface area contributed by atoms with Crippen molar-refractivity contribution < 1.29 is 12.8 Å². The molecule has 124 valence electrons. The van der Waals surface area contributed by atoms with E-state index >= 15 is 0 Å². The van der Waals surface area contributed by atoms with Gasteiger partial charge in [-0.05, 0) is 25.1 Å². The number of fused-ring (bicyclic) bond motifs is 1. The van der Waals surface area contributed by atoms with Gasteiger partial charge in [-0.25, -0.2) is 18.4 Å². The third kappa shape index (κ3) is 4.08. The standard InChI is InChI=1S/C15H20N4O3S/c1-23(20,21)10-8-17-14-11-4-6-16-7-5-12(11)18-15(19-14)13-3-2-9-22-13/h2-3,9,16H,4-8,10H2,1H3,(H,17,18,19). The number of hydrogen-bond donors (Lipinski definition) is 2. The highest BCUT2D eigenvalue weighted by Crippen LogP contribution is 2.24. The fourth-order valence-corrected chi connectivity index (χ4v) is 3.03. The predicted octanol–water partition coefficient (Wildman–Crippen LogP) is 0.881. The summed E-state index contributed by atoms with van der Waals surface area (Å²) < 4.78 is 28.0. The largest absolute Gasteiger partial charge is 0.461 e. The molecule has 1 aliphatic heterocycles. The fraction of sp³-hybridized carbons (Fsp3) is 0.467. The van der Waals surface area contributed by atoms with Gasteiger partial charge in [0.05, 0.1) is 17.7 Å². The Balaban J connectivity index is 1.93. The number of aromatic nitrogens is 2. The van der Waals surface area contributed by atoms with Gasteiger partial charge in [0.1, 0.15) is 15.7 Å². The molecule has 8 heteroatoms. The first-order valence-corrected chi connectivity index (χ1v) is 9.65. The fourth-order valence-electron chi connectivity index (χ4n) is 2.56. The molecule has 0 bridgehead atoms. The first-order valence-electron chi connectivity index (χ1n) is 7.59. The topological polar surface area (TPSA) is 97.1 Å². The number of hydrogen-bond acceptors (Lipinski definition) is 7. The van der Waals surface area contributed by atoms with Crippen LogP contribution in [0.1, 0.15) is 11.3 Å². The third-order valence-electron chi connectivity index (χ3n) is 3.69. The summed E-state index contributed by atoms with van der Waals surface area (Å²) in [5.41, 5.74) is 2.04. The average molecular weight is 336 g/mol. The van der Waals surface area contributed by atoms with Crippen LogP contribution < -0.4 is 10.6 Å². The lowest BCUT2D eigenvalue weighted by Gasteiger charge is -2.14. The van der Waals surface area contributed by atoms with E-state index in [4.69, 9.17) is 4.42 Å². The molecule has 0 amide bonds. The van der Waals surface area contributed by atoms with Gasteiger partial charge in [0.25, 0.3) is 0 Å². The Hall–Kier alpha value is -1.93. The molecule has 0 atom stereocenters. The van der Waals surface area contributed by atoms with Gasteiger partial charge < -0.3 is 15.1 Å². The van der Waals surface area contributed by atoms with E-state index in [1.807, 2.05) is 6.07 Å². The van der Waals surface area contributed by atoms with Gasteiger partial charge in [0.2, 0.25) is 0 Å². The van der Waals surface area contributed by atoms with Gasteiger partial charge in [0, 0.05) is 31.3 Å². The number of nitrogens with zero attached hydrogens (tertiary/aromatic N) is 2. The van der Waals surface area contributed by atoms with E-state index in [2.05, 4.69) is 20.6 Å². The second kappa shape index (κ2) is 6.67. The molecule has 23 heavy (non-hydrogen) atoms. The zero-order chi connectivity index (χ0) is 16.3. The van der Waals surface area contributed by atoms with Crippen molar-refractivity contribution in [2.45, 2.75) is 12.8 Å². The number of nitrogens with one attached hydrogen (secondary N) is 2. The van der Waals surface area contributed by atoms with Crippen molar-refractivity contribution in [2.75, 3.05) is 37.0 Å². The molecule has 3 heterocycles. The van der Waals surface area contributed by atoms with Crippen molar-refractivity contribution in [3.63, 3.8) is 0 Å². The summed E-state index contributed by atoms with van der Waals surface area (Å²) in [6.45, 7) is 2.05. The van der Waals surface area contributed by atoms with Crippen molar-refractivity contribution in [1.82, 2.24) is 15.3 Å². The Kier molecular flexibility index (Phi) is 4.63. The third-order valence-corrected chi connectivity index (χ3v) is 4.64. The van der Waals surface area contributed by atoms with Crippen LogP contribution in [0.3, 0.4) is 0 Å². The van der Waals surface area contributed by atoms with Gasteiger partial charge in [-0.2, -0.15) is 0 Å². The highest BCUT2D eigenvalue weighted by Gasteiger charge is 2.18. The lowest BCUT2D eigenvalue weighted by molar-refractivity contribution is 0.576. The Morgan fingerprint density at radius 1 is 1.30 bits per heavy atom. The quantitative estimate of drug-likeness (QED) is 0.836. The molecule has 0 aromatic carbocycles. The van der Waals surface area contributed by atoms with Crippen LogP contribution >= 0.6 is 0 Å². The maximum atomic E-state index is 11.3. The number of rotatable bonds is 5. The molecular formula is C15H20N4O3S. The maximum Gasteiger partial charge on any atom is 0.197 e. The van der Waals surface area contributed by atoms with Crippen LogP contribution in [0.5, 0.6) is 0 Å². The molecule has 0 unspecified atom stereocenters. The molecule has 2 N–H and O–H groups in total. The van der Waals surface area contributed by atoms with E-state index in [0.29, 0.717) is 23.9 Å². The Morgan fingerprint density at radius 3 is 2.87 bits per heavy atom. The molecule has 3 rings (SSSR count). The van der Waals surface area contributed by atoms with E-state index in [-0.39, 0.29) is 5.75 Å². The minimum Gasteiger partial charge on any atom is -0.461 e. The first kappa shape index (κ1) is 15.9. The minimum absolute atomic E-state index is 0.0696. The van der Waals surface area contributed by atoms with Crippen molar-refractivity contribution in [3.05, 3.63) is 29.7 Å². The number of anilines is 1. The van der Waals surface area contributed by atoms with Gasteiger partial charge in [-0.1, -0.05) is 0 Å². The Bertz CT molecular complexity index is 772. The van der Waals surface area contributed by atoms with E-state index in [9.17, 15) is 8.42 Å². The van der Waals surface area contributed by atoms with Crippen molar-refractivity contribution in [2.24, 2.45) is 0 Å². The van der Waals surface area contributed by atoms with Crippen molar-refractivity contribution >= 4 is 15.7 Å². The van der Waals surface area contributed by atoms with Gasteiger partial charge in [0.15, 0.2) is 11.6 Å². The molecule has 7 nitrogen and oxygen atoms in total. The van der Waals surface area contributed by atoms with E-state index in [0.717, 1.165) is 37.2 Å². The minimum atomic E-state index is -3.01. The highest BCUT2D eigenvalue weighted by atomic mass is 32.2. The molecule has 2 aromatic heterocycles.